The molecule has 0 unspecified atom stereocenters. The number of hydrogen-bond donors (Lipinski definition) is 2. The number of nitrogens with one attached hydrogen (secondary N) is 1. The molecule has 1 aromatic carbocycles. The monoisotopic (exact) mass is 421 g/mol. The topological polar surface area (TPSA) is 102 Å². The number of benzene rings is 1. The maximum Gasteiger partial charge on any atom is 0.274 e. The van der Waals surface area contributed by atoms with Crippen molar-refractivity contribution in [1.82, 2.24) is 9.97 Å². The Kier molecular flexibility index (Phi) is 6.13. The summed E-state index contributed by atoms with van der Waals surface area (Å²) in [4.78, 5) is 24.5. The van der Waals surface area contributed by atoms with Crippen LogP contribution in [0.4, 0.5) is 14.5 Å². The van der Waals surface area contributed by atoms with Gasteiger partial charge in [0.15, 0.2) is 5.17 Å². The highest BCUT2D eigenvalue weighted by Gasteiger charge is 2.54. The van der Waals surface area contributed by atoms with E-state index in [1.165, 1.54) is 48.6 Å². The summed E-state index contributed by atoms with van der Waals surface area (Å²) in [7, 11) is 0. The van der Waals surface area contributed by atoms with Gasteiger partial charge in [0.1, 0.15) is 30.1 Å². The number of aromatic nitrogens is 2. The second-order valence-electron chi connectivity index (χ2n) is 6.54. The van der Waals surface area contributed by atoms with E-state index in [1.54, 1.807) is 0 Å². The number of rotatable bonds is 4. The van der Waals surface area contributed by atoms with E-state index in [9.17, 15) is 13.6 Å². The molecule has 1 saturated heterocycles. The average Bonchev–Trinajstić information content (AvgIpc) is 3.08. The first kappa shape index (κ1) is 21.1. The van der Waals surface area contributed by atoms with Crippen LogP contribution in [0, 0.1) is 11.7 Å². The summed E-state index contributed by atoms with van der Waals surface area (Å²) >= 11 is 1.30. The highest BCUT2D eigenvalue weighted by atomic mass is 32.2. The van der Waals surface area contributed by atoms with E-state index in [0.717, 1.165) is 0 Å². The van der Waals surface area contributed by atoms with Gasteiger partial charge in [0, 0.05) is 29.1 Å². The molecular formula is C19H21F2N5O2S. The molecule has 0 spiro atoms. The van der Waals surface area contributed by atoms with Crippen LogP contribution in [0.25, 0.3) is 0 Å². The molecule has 3 heterocycles. The van der Waals surface area contributed by atoms with Crippen molar-refractivity contribution in [1.29, 1.82) is 0 Å². The lowest BCUT2D eigenvalue weighted by Crippen LogP contribution is -2.42. The van der Waals surface area contributed by atoms with E-state index in [1.807, 2.05) is 0 Å². The number of carbonyl (C=O) groups is 1. The predicted molar refractivity (Wildman–Crippen MR) is 108 cm³/mol. The predicted octanol–water partition coefficient (Wildman–Crippen LogP) is 2.75. The zero-order chi connectivity index (χ0) is 19.7. The van der Waals surface area contributed by atoms with Gasteiger partial charge in [-0.05, 0) is 24.3 Å². The SMILES string of the molecule is C.NC1=N[C@@]2(c3cc(NC(=O)c4ccncn4)ccc3F)CO[C@H](CF)[C@H]2CS1. The van der Waals surface area contributed by atoms with Crippen molar-refractivity contribution in [3.05, 3.63) is 53.9 Å². The van der Waals surface area contributed by atoms with Crippen LogP contribution in [-0.2, 0) is 10.3 Å². The molecule has 0 saturated carbocycles. The number of amidine groups is 1. The number of amides is 1. The largest absolute Gasteiger partial charge is 0.379 e. The molecule has 7 nitrogen and oxygen atoms in total. The Morgan fingerprint density at radius 1 is 1.41 bits per heavy atom. The van der Waals surface area contributed by atoms with Crippen LogP contribution in [0.1, 0.15) is 23.5 Å². The summed E-state index contributed by atoms with van der Waals surface area (Å²) in [6.45, 7) is -0.665. The maximum atomic E-state index is 14.8. The molecule has 10 heteroatoms. The van der Waals surface area contributed by atoms with Gasteiger partial charge in [-0.1, -0.05) is 19.2 Å². The Balaban J connectivity index is 0.00000240. The van der Waals surface area contributed by atoms with Crippen molar-refractivity contribution < 1.29 is 18.3 Å². The van der Waals surface area contributed by atoms with Gasteiger partial charge < -0.3 is 15.8 Å². The fourth-order valence-corrected chi connectivity index (χ4v) is 4.64. The number of hydrogen-bond acceptors (Lipinski definition) is 7. The van der Waals surface area contributed by atoms with Crippen molar-refractivity contribution in [3.8, 4) is 0 Å². The van der Waals surface area contributed by atoms with Crippen molar-refractivity contribution in [3.63, 3.8) is 0 Å². The number of alkyl halides is 1. The van der Waals surface area contributed by atoms with Gasteiger partial charge in [0.25, 0.3) is 5.91 Å². The van der Waals surface area contributed by atoms with E-state index in [2.05, 4.69) is 20.3 Å². The van der Waals surface area contributed by atoms with Crippen LogP contribution in [0.2, 0.25) is 0 Å². The van der Waals surface area contributed by atoms with Crippen molar-refractivity contribution >= 4 is 28.5 Å². The molecule has 2 aromatic rings. The third-order valence-corrected chi connectivity index (χ3v) is 5.87. The van der Waals surface area contributed by atoms with E-state index in [-0.39, 0.29) is 31.2 Å². The molecule has 1 fully saturated rings. The Morgan fingerprint density at radius 2 is 2.24 bits per heavy atom. The zero-order valence-electron chi connectivity index (χ0n) is 14.6. The molecule has 154 valence electrons. The molecule has 29 heavy (non-hydrogen) atoms. The highest BCUT2D eigenvalue weighted by Crippen LogP contribution is 2.48. The first-order valence-corrected chi connectivity index (χ1v) is 9.55. The van der Waals surface area contributed by atoms with E-state index >= 15 is 0 Å². The molecule has 2 aliphatic rings. The zero-order valence-corrected chi connectivity index (χ0v) is 15.5. The Hall–Kier alpha value is -2.59. The lowest BCUT2D eigenvalue weighted by atomic mass is 9.79. The highest BCUT2D eigenvalue weighted by molar-refractivity contribution is 8.13. The standard InChI is InChI=1S/C18H17F2N5O2S.CH4/c19-6-15-12-7-28-17(21)25-18(12,8-27-15)11-5-10(1-2-13(11)20)24-16(26)14-3-4-22-9-23-14;/h1-5,9,12,15H,6-8H2,(H2,21,25)(H,24,26);1H4/t12-,15-,18-;/m1./s1. The molecule has 2 aliphatic heterocycles. The van der Waals surface area contributed by atoms with Crippen LogP contribution in [0.3, 0.4) is 0 Å². The molecule has 1 amide bonds. The Morgan fingerprint density at radius 3 is 2.97 bits per heavy atom. The summed E-state index contributed by atoms with van der Waals surface area (Å²) in [6.07, 6.45) is 2.03. The van der Waals surface area contributed by atoms with Crippen molar-refractivity contribution in [2.75, 3.05) is 24.4 Å². The number of carbonyl (C=O) groups excluding carboxylic acids is 1. The molecule has 3 N–H and O–H groups in total. The van der Waals surface area contributed by atoms with Crippen molar-refractivity contribution in [2.24, 2.45) is 16.6 Å². The first-order chi connectivity index (χ1) is 13.5. The molecular weight excluding hydrogens is 400 g/mol. The fraction of sp³-hybridized carbons (Fsp3) is 0.368. The van der Waals surface area contributed by atoms with Crippen LogP contribution >= 0.6 is 11.8 Å². The first-order valence-electron chi connectivity index (χ1n) is 8.56. The minimum absolute atomic E-state index is 0. The summed E-state index contributed by atoms with van der Waals surface area (Å²) < 4.78 is 33.8. The van der Waals surface area contributed by atoms with Gasteiger partial charge in [-0.2, -0.15) is 0 Å². The summed E-state index contributed by atoms with van der Waals surface area (Å²) in [5.41, 5.74) is 5.54. The maximum absolute atomic E-state index is 14.8. The fourth-order valence-electron chi connectivity index (χ4n) is 3.57. The van der Waals surface area contributed by atoms with Gasteiger partial charge in [0.05, 0.1) is 12.7 Å². The summed E-state index contributed by atoms with van der Waals surface area (Å²) in [5.74, 6) is -0.866. The van der Waals surface area contributed by atoms with Crippen LogP contribution < -0.4 is 11.1 Å². The second-order valence-corrected chi connectivity index (χ2v) is 7.58. The number of nitrogens with two attached hydrogens (primary N) is 1. The quantitative estimate of drug-likeness (QED) is 0.787. The number of ether oxygens (including phenoxy) is 1. The third kappa shape index (κ3) is 3.82. The van der Waals surface area contributed by atoms with Crippen LogP contribution in [0.5, 0.6) is 0 Å². The van der Waals surface area contributed by atoms with E-state index in [4.69, 9.17) is 10.5 Å². The van der Waals surface area contributed by atoms with Gasteiger partial charge in [-0.3, -0.25) is 4.79 Å². The number of thioether (sulfide) groups is 1. The lowest BCUT2D eigenvalue weighted by molar-refractivity contribution is 0.0721. The Bertz CT molecular complexity index is 930. The number of nitrogens with zero attached hydrogens (tertiary/aromatic N) is 3. The van der Waals surface area contributed by atoms with Crippen molar-refractivity contribution in [2.45, 2.75) is 19.1 Å². The summed E-state index contributed by atoms with van der Waals surface area (Å²) in [6, 6.07) is 5.65. The lowest BCUT2D eigenvalue weighted by Gasteiger charge is -2.35. The molecule has 1 aromatic heterocycles. The van der Waals surface area contributed by atoms with E-state index in [0.29, 0.717) is 16.6 Å². The smallest absolute Gasteiger partial charge is 0.274 e. The van der Waals surface area contributed by atoms with Gasteiger partial charge in [-0.15, -0.1) is 0 Å². The van der Waals surface area contributed by atoms with Gasteiger partial charge in [0.2, 0.25) is 0 Å². The van der Waals surface area contributed by atoms with Crippen LogP contribution in [-0.4, -0.2) is 46.2 Å². The third-order valence-electron chi connectivity index (χ3n) is 4.96. The number of anilines is 1. The molecule has 0 aliphatic carbocycles. The van der Waals surface area contributed by atoms with Gasteiger partial charge in [-0.25, -0.2) is 23.7 Å². The minimum atomic E-state index is -1.12. The normalized spacial score (nSPS) is 25.5. The molecule has 0 radical (unpaired) electrons. The second kappa shape index (κ2) is 8.42. The molecule has 3 atom stereocenters. The number of aliphatic imine (C=N–C) groups is 1. The molecule has 4 rings (SSSR count). The van der Waals surface area contributed by atoms with E-state index < -0.39 is 30.0 Å². The number of halogens is 2. The number of fused-ring (bicyclic) bond motifs is 1. The Labute approximate surface area is 171 Å². The summed E-state index contributed by atoms with van der Waals surface area (Å²) in [5, 5.41) is 2.98. The molecule has 0 bridgehead atoms. The minimum Gasteiger partial charge on any atom is -0.379 e. The van der Waals surface area contributed by atoms with Gasteiger partial charge >= 0.3 is 0 Å². The van der Waals surface area contributed by atoms with Crippen LogP contribution in [0.15, 0.2) is 41.8 Å². The average molecular weight is 421 g/mol.